The fourth-order valence-corrected chi connectivity index (χ4v) is 1.29. The first-order chi connectivity index (χ1) is 8.86. The number of ketones is 1. The number of benzene rings is 1. The molecule has 0 heterocycles. The molecule has 0 aromatic heterocycles. The SMILES string of the molecule is CCOC(=O)C(=Cc1ccccc1)C(=O)C(F)(F)F. The number of halogens is 3. The molecule has 6 heteroatoms. The topological polar surface area (TPSA) is 43.4 Å². The van der Waals surface area contributed by atoms with Crippen LogP contribution in [0.5, 0.6) is 0 Å². The molecule has 0 radical (unpaired) electrons. The van der Waals surface area contributed by atoms with Gasteiger partial charge in [0.25, 0.3) is 5.78 Å². The van der Waals surface area contributed by atoms with Gasteiger partial charge in [0.05, 0.1) is 6.61 Å². The largest absolute Gasteiger partial charge is 0.462 e. The van der Waals surface area contributed by atoms with E-state index in [2.05, 4.69) is 4.74 Å². The number of esters is 1. The Labute approximate surface area is 107 Å². The van der Waals surface area contributed by atoms with Gasteiger partial charge in [0.15, 0.2) is 0 Å². The third-order valence-electron chi connectivity index (χ3n) is 2.11. The summed E-state index contributed by atoms with van der Waals surface area (Å²) in [5.41, 5.74) is -0.719. The highest BCUT2D eigenvalue weighted by molar-refractivity contribution is 6.22. The first kappa shape index (κ1) is 14.9. The maximum atomic E-state index is 12.4. The van der Waals surface area contributed by atoms with Crippen LogP contribution in [0.25, 0.3) is 6.08 Å². The van der Waals surface area contributed by atoms with E-state index in [0.717, 1.165) is 6.08 Å². The molecule has 102 valence electrons. The van der Waals surface area contributed by atoms with Crippen molar-refractivity contribution in [1.82, 2.24) is 0 Å². The van der Waals surface area contributed by atoms with E-state index in [9.17, 15) is 22.8 Å². The minimum atomic E-state index is -5.12. The smallest absolute Gasteiger partial charge is 0.455 e. The van der Waals surface area contributed by atoms with Crippen LogP contribution in [0.3, 0.4) is 0 Å². The van der Waals surface area contributed by atoms with Crippen molar-refractivity contribution in [3.05, 3.63) is 41.5 Å². The Morgan fingerprint density at radius 3 is 2.26 bits per heavy atom. The molecular formula is C13H11F3O3. The van der Waals surface area contributed by atoms with Crippen molar-refractivity contribution in [3.8, 4) is 0 Å². The van der Waals surface area contributed by atoms with Gasteiger partial charge in [0.2, 0.25) is 0 Å². The molecule has 0 aliphatic rings. The molecule has 3 nitrogen and oxygen atoms in total. The van der Waals surface area contributed by atoms with Crippen molar-refractivity contribution in [3.63, 3.8) is 0 Å². The zero-order valence-corrected chi connectivity index (χ0v) is 10.0. The first-order valence-corrected chi connectivity index (χ1v) is 5.41. The number of hydrogen-bond donors (Lipinski definition) is 0. The predicted octanol–water partition coefficient (Wildman–Crippen LogP) is 2.76. The second-order valence-electron chi connectivity index (χ2n) is 3.52. The van der Waals surface area contributed by atoms with Crippen LogP contribution in [-0.2, 0) is 14.3 Å². The van der Waals surface area contributed by atoms with Gasteiger partial charge in [0.1, 0.15) is 5.57 Å². The lowest BCUT2D eigenvalue weighted by Crippen LogP contribution is -2.29. The second-order valence-corrected chi connectivity index (χ2v) is 3.52. The van der Waals surface area contributed by atoms with E-state index in [0.29, 0.717) is 5.56 Å². The molecule has 1 aromatic rings. The van der Waals surface area contributed by atoms with Gasteiger partial charge in [-0.25, -0.2) is 4.79 Å². The van der Waals surface area contributed by atoms with E-state index >= 15 is 0 Å². The Bertz CT molecular complexity index is 490. The number of carbonyl (C=O) groups excluding carboxylic acids is 2. The van der Waals surface area contributed by atoms with E-state index in [-0.39, 0.29) is 6.61 Å². The van der Waals surface area contributed by atoms with Crippen LogP contribution in [0.1, 0.15) is 12.5 Å². The summed E-state index contributed by atoms with van der Waals surface area (Å²) in [4.78, 5) is 22.6. The van der Waals surface area contributed by atoms with Gasteiger partial charge in [-0.1, -0.05) is 30.3 Å². The molecule has 0 fully saturated rings. The molecule has 0 aliphatic heterocycles. The van der Waals surface area contributed by atoms with Crippen molar-refractivity contribution < 1.29 is 27.5 Å². The van der Waals surface area contributed by atoms with Gasteiger partial charge in [-0.15, -0.1) is 0 Å². The fraction of sp³-hybridized carbons (Fsp3) is 0.231. The van der Waals surface area contributed by atoms with Gasteiger partial charge < -0.3 is 4.74 Å². The van der Waals surface area contributed by atoms with Gasteiger partial charge in [-0.05, 0) is 18.6 Å². The first-order valence-electron chi connectivity index (χ1n) is 5.41. The molecule has 0 unspecified atom stereocenters. The summed E-state index contributed by atoms with van der Waals surface area (Å²) >= 11 is 0. The summed E-state index contributed by atoms with van der Waals surface area (Å²) in [6.45, 7) is 1.33. The molecular weight excluding hydrogens is 261 g/mol. The molecule has 0 aliphatic carbocycles. The van der Waals surface area contributed by atoms with Gasteiger partial charge in [-0.2, -0.15) is 13.2 Å². The van der Waals surface area contributed by atoms with Gasteiger partial charge >= 0.3 is 12.1 Å². The van der Waals surface area contributed by atoms with Crippen molar-refractivity contribution >= 4 is 17.8 Å². The summed E-state index contributed by atoms with van der Waals surface area (Å²) < 4.78 is 41.7. The van der Waals surface area contributed by atoms with Crippen LogP contribution in [0, 0.1) is 0 Å². The zero-order chi connectivity index (χ0) is 14.5. The van der Waals surface area contributed by atoms with Gasteiger partial charge in [-0.3, -0.25) is 4.79 Å². The number of hydrogen-bond acceptors (Lipinski definition) is 3. The Morgan fingerprint density at radius 1 is 1.21 bits per heavy atom. The summed E-state index contributed by atoms with van der Waals surface area (Å²) in [6.07, 6.45) is -4.25. The van der Waals surface area contributed by atoms with Crippen LogP contribution in [-0.4, -0.2) is 24.5 Å². The molecule has 0 amide bonds. The Balaban J connectivity index is 3.17. The molecule has 0 saturated heterocycles. The Morgan fingerprint density at radius 2 is 1.79 bits per heavy atom. The third-order valence-corrected chi connectivity index (χ3v) is 2.11. The van der Waals surface area contributed by atoms with Crippen LogP contribution >= 0.6 is 0 Å². The average molecular weight is 272 g/mol. The third kappa shape index (κ3) is 4.24. The predicted molar refractivity (Wildman–Crippen MR) is 62.1 cm³/mol. The van der Waals surface area contributed by atoms with Crippen LogP contribution in [0.15, 0.2) is 35.9 Å². The van der Waals surface area contributed by atoms with E-state index < -0.39 is 23.5 Å². The molecule has 0 saturated carbocycles. The lowest BCUT2D eigenvalue weighted by molar-refractivity contribution is -0.168. The monoisotopic (exact) mass is 272 g/mol. The van der Waals surface area contributed by atoms with Crippen molar-refractivity contribution in [2.45, 2.75) is 13.1 Å². The molecule has 0 bridgehead atoms. The number of carbonyl (C=O) groups is 2. The van der Waals surface area contributed by atoms with Crippen molar-refractivity contribution in [1.29, 1.82) is 0 Å². The second kappa shape index (κ2) is 6.17. The molecule has 0 spiro atoms. The number of Topliss-reactive ketones (excluding diaryl/α,β-unsaturated/α-hetero) is 1. The summed E-state index contributed by atoms with van der Waals surface area (Å²) in [5.74, 6) is -3.50. The summed E-state index contributed by atoms with van der Waals surface area (Å²) in [6, 6.07) is 7.76. The quantitative estimate of drug-likeness (QED) is 0.366. The number of ether oxygens (including phenoxy) is 1. The van der Waals surface area contributed by atoms with E-state index in [1.54, 1.807) is 18.2 Å². The Hall–Kier alpha value is -2.11. The lowest BCUT2D eigenvalue weighted by Gasteiger charge is -2.08. The Kier molecular flexibility index (Phi) is 4.86. The zero-order valence-electron chi connectivity index (χ0n) is 10.0. The van der Waals surface area contributed by atoms with Crippen molar-refractivity contribution in [2.75, 3.05) is 6.61 Å². The van der Waals surface area contributed by atoms with Gasteiger partial charge in [0, 0.05) is 0 Å². The van der Waals surface area contributed by atoms with Crippen LogP contribution < -0.4 is 0 Å². The molecule has 1 rings (SSSR count). The van der Waals surface area contributed by atoms with E-state index in [4.69, 9.17) is 0 Å². The highest BCUT2D eigenvalue weighted by Gasteiger charge is 2.43. The van der Waals surface area contributed by atoms with Crippen LogP contribution in [0.4, 0.5) is 13.2 Å². The van der Waals surface area contributed by atoms with E-state index in [1.165, 1.54) is 19.1 Å². The maximum Gasteiger partial charge on any atom is 0.455 e. The molecule has 19 heavy (non-hydrogen) atoms. The molecule has 0 atom stereocenters. The minimum Gasteiger partial charge on any atom is -0.462 e. The van der Waals surface area contributed by atoms with Crippen molar-refractivity contribution in [2.24, 2.45) is 0 Å². The number of rotatable bonds is 4. The van der Waals surface area contributed by atoms with E-state index in [1.807, 2.05) is 0 Å². The highest BCUT2D eigenvalue weighted by Crippen LogP contribution is 2.23. The summed E-state index contributed by atoms with van der Waals surface area (Å²) in [7, 11) is 0. The van der Waals surface area contributed by atoms with Crippen LogP contribution in [0.2, 0.25) is 0 Å². The number of alkyl halides is 3. The maximum absolute atomic E-state index is 12.4. The lowest BCUT2D eigenvalue weighted by atomic mass is 10.1. The average Bonchev–Trinajstić information content (AvgIpc) is 2.35. The molecule has 0 N–H and O–H groups in total. The fourth-order valence-electron chi connectivity index (χ4n) is 1.29. The normalized spacial score (nSPS) is 12.1. The summed E-state index contributed by atoms with van der Waals surface area (Å²) in [5, 5.41) is 0. The minimum absolute atomic E-state index is 0.115. The standard InChI is InChI=1S/C13H11F3O3/c1-2-19-12(18)10(11(17)13(14,15)16)8-9-6-4-3-5-7-9/h3-8H,2H2,1H3. The highest BCUT2D eigenvalue weighted by atomic mass is 19.4. The molecule has 1 aromatic carbocycles.